The topological polar surface area (TPSA) is 121 Å². The number of nitrogens with zero attached hydrogens (tertiary/aromatic N) is 1. The molecule has 7 heteroatoms. The Balaban J connectivity index is 2.00. The van der Waals surface area contributed by atoms with Crippen molar-refractivity contribution in [2.24, 2.45) is 5.73 Å². The van der Waals surface area contributed by atoms with E-state index in [9.17, 15) is 9.59 Å². The number of anilines is 1. The van der Waals surface area contributed by atoms with Crippen LogP contribution in [-0.4, -0.2) is 33.2 Å². The first-order chi connectivity index (χ1) is 9.56. The first-order valence-electron chi connectivity index (χ1n) is 5.94. The van der Waals surface area contributed by atoms with Crippen molar-refractivity contribution in [3.63, 3.8) is 0 Å². The quantitative estimate of drug-likeness (QED) is 0.643. The summed E-state index contributed by atoms with van der Waals surface area (Å²) in [6.45, 7) is 0. The lowest BCUT2D eigenvalue weighted by atomic mass is 10.1. The molecule has 20 heavy (non-hydrogen) atoms. The number of carboxylic acid groups (broad SMARTS) is 1. The van der Waals surface area contributed by atoms with Crippen LogP contribution in [0.25, 0.3) is 11.3 Å². The molecule has 1 aromatic heterocycles. The highest BCUT2D eigenvalue weighted by Crippen LogP contribution is 2.18. The van der Waals surface area contributed by atoms with E-state index in [0.717, 1.165) is 11.3 Å². The van der Waals surface area contributed by atoms with Crippen LogP contribution >= 0.6 is 0 Å². The van der Waals surface area contributed by atoms with Gasteiger partial charge in [0.25, 0.3) is 0 Å². The minimum absolute atomic E-state index is 0.405. The maximum absolute atomic E-state index is 11.6. The molecule has 1 amide bonds. The summed E-state index contributed by atoms with van der Waals surface area (Å²) in [5, 5.41) is 17.8. The molecule has 7 nitrogen and oxygen atoms in total. The van der Waals surface area contributed by atoms with Gasteiger partial charge in [0.2, 0.25) is 5.91 Å². The number of nitrogens with two attached hydrogens (primary N) is 1. The van der Waals surface area contributed by atoms with Crippen LogP contribution in [0.4, 0.5) is 5.69 Å². The largest absolute Gasteiger partial charge is 0.481 e. The Kier molecular flexibility index (Phi) is 4.11. The molecule has 1 heterocycles. The molecule has 0 saturated carbocycles. The number of carbonyl (C=O) groups is 2. The third kappa shape index (κ3) is 3.42. The molecule has 0 bridgehead atoms. The Labute approximate surface area is 114 Å². The molecule has 0 aliphatic rings. The molecule has 0 spiro atoms. The van der Waals surface area contributed by atoms with Gasteiger partial charge in [-0.05, 0) is 23.8 Å². The van der Waals surface area contributed by atoms with Gasteiger partial charge in [0, 0.05) is 11.9 Å². The van der Waals surface area contributed by atoms with E-state index in [-0.39, 0.29) is 0 Å². The molecule has 0 aliphatic heterocycles. The first-order valence-corrected chi connectivity index (χ1v) is 5.94. The minimum atomic E-state index is -1.11. The van der Waals surface area contributed by atoms with E-state index in [2.05, 4.69) is 15.5 Å². The zero-order valence-corrected chi connectivity index (χ0v) is 10.5. The summed E-state index contributed by atoms with van der Waals surface area (Å²) < 4.78 is 0. The molecule has 5 N–H and O–H groups in total. The minimum Gasteiger partial charge on any atom is -0.481 e. The van der Waals surface area contributed by atoms with Crippen LogP contribution in [0.2, 0.25) is 0 Å². The van der Waals surface area contributed by atoms with Crippen molar-refractivity contribution in [1.29, 1.82) is 0 Å². The number of aromatic amines is 1. The summed E-state index contributed by atoms with van der Waals surface area (Å²) >= 11 is 0. The molecule has 0 aliphatic carbocycles. The number of rotatable bonds is 5. The molecule has 1 unspecified atom stereocenters. The number of hydrogen-bond acceptors (Lipinski definition) is 4. The van der Waals surface area contributed by atoms with Crippen LogP contribution in [0, 0.1) is 0 Å². The smallest absolute Gasteiger partial charge is 0.305 e. The molecular weight excluding hydrogens is 260 g/mol. The molecule has 2 aromatic rings. The Morgan fingerprint density at radius 3 is 2.55 bits per heavy atom. The van der Waals surface area contributed by atoms with Gasteiger partial charge in [-0.1, -0.05) is 12.1 Å². The molecule has 1 atom stereocenters. The van der Waals surface area contributed by atoms with Gasteiger partial charge in [-0.2, -0.15) is 5.10 Å². The van der Waals surface area contributed by atoms with Crippen LogP contribution < -0.4 is 11.1 Å². The van der Waals surface area contributed by atoms with Crippen LogP contribution in [0.1, 0.15) is 6.42 Å². The molecular formula is C13H14N4O3. The predicted octanol–water partition coefficient (Wildman–Crippen LogP) is 0.817. The maximum atomic E-state index is 11.6. The van der Waals surface area contributed by atoms with Gasteiger partial charge < -0.3 is 16.2 Å². The number of hydrogen-bond donors (Lipinski definition) is 4. The summed E-state index contributed by atoms with van der Waals surface area (Å²) in [5.41, 5.74) is 7.81. The van der Waals surface area contributed by atoms with Gasteiger partial charge >= 0.3 is 5.97 Å². The van der Waals surface area contributed by atoms with E-state index in [0.29, 0.717) is 5.69 Å². The summed E-state index contributed by atoms with van der Waals surface area (Å²) in [4.78, 5) is 22.1. The zero-order valence-electron chi connectivity index (χ0n) is 10.5. The average Bonchev–Trinajstić information content (AvgIpc) is 2.92. The van der Waals surface area contributed by atoms with Crippen molar-refractivity contribution in [3.8, 4) is 11.3 Å². The van der Waals surface area contributed by atoms with Gasteiger partial charge in [-0.15, -0.1) is 0 Å². The van der Waals surface area contributed by atoms with Crippen LogP contribution in [0.5, 0.6) is 0 Å². The first kappa shape index (κ1) is 13.8. The molecule has 1 aromatic carbocycles. The van der Waals surface area contributed by atoms with Crippen molar-refractivity contribution in [1.82, 2.24) is 10.2 Å². The number of aliphatic carboxylic acids is 1. The van der Waals surface area contributed by atoms with Crippen molar-refractivity contribution in [2.45, 2.75) is 12.5 Å². The molecule has 0 saturated heterocycles. The molecule has 0 fully saturated rings. The van der Waals surface area contributed by atoms with Crippen molar-refractivity contribution in [3.05, 3.63) is 36.5 Å². The fourth-order valence-electron chi connectivity index (χ4n) is 1.67. The van der Waals surface area contributed by atoms with Gasteiger partial charge in [-0.3, -0.25) is 14.7 Å². The summed E-state index contributed by atoms with van der Waals surface area (Å²) in [5.74, 6) is -1.64. The van der Waals surface area contributed by atoms with Crippen LogP contribution in [-0.2, 0) is 9.59 Å². The van der Waals surface area contributed by atoms with Crippen molar-refractivity contribution < 1.29 is 14.7 Å². The Hall–Kier alpha value is -2.67. The van der Waals surface area contributed by atoms with Gasteiger partial charge in [0.15, 0.2) is 0 Å². The number of benzene rings is 1. The lowest BCUT2D eigenvalue weighted by molar-refractivity contribution is -0.138. The second-order valence-electron chi connectivity index (χ2n) is 4.24. The van der Waals surface area contributed by atoms with E-state index >= 15 is 0 Å². The second-order valence-corrected chi connectivity index (χ2v) is 4.24. The fourth-order valence-corrected chi connectivity index (χ4v) is 1.67. The summed E-state index contributed by atoms with van der Waals surface area (Å²) in [6, 6.07) is 7.80. The monoisotopic (exact) mass is 274 g/mol. The fraction of sp³-hybridized carbons (Fsp3) is 0.154. The number of H-pyrrole nitrogens is 1. The van der Waals surface area contributed by atoms with E-state index in [1.54, 1.807) is 18.3 Å². The van der Waals surface area contributed by atoms with Crippen molar-refractivity contribution >= 4 is 17.6 Å². The predicted molar refractivity (Wildman–Crippen MR) is 72.9 cm³/mol. The number of nitrogens with one attached hydrogen (secondary N) is 2. The van der Waals surface area contributed by atoms with E-state index < -0.39 is 24.3 Å². The second kappa shape index (κ2) is 5.98. The van der Waals surface area contributed by atoms with Gasteiger partial charge in [0.05, 0.1) is 18.2 Å². The van der Waals surface area contributed by atoms with Crippen LogP contribution in [0.15, 0.2) is 36.5 Å². The number of amides is 1. The standard InChI is InChI=1S/C13H14N4O3/c14-10(7-12(18)19)13(20)16-9-3-1-8(2-4-9)11-5-6-15-17-11/h1-6,10H,7,14H2,(H,15,17)(H,16,20)(H,18,19). The number of carbonyl (C=O) groups excluding carboxylic acids is 1. The summed E-state index contributed by atoms with van der Waals surface area (Å²) in [6.07, 6.45) is 1.24. The lowest BCUT2D eigenvalue weighted by Crippen LogP contribution is -2.37. The molecule has 0 radical (unpaired) electrons. The van der Waals surface area contributed by atoms with E-state index in [1.165, 1.54) is 0 Å². The zero-order chi connectivity index (χ0) is 14.5. The third-order valence-corrected chi connectivity index (χ3v) is 2.70. The van der Waals surface area contributed by atoms with Crippen LogP contribution in [0.3, 0.4) is 0 Å². The summed E-state index contributed by atoms with van der Waals surface area (Å²) in [7, 11) is 0. The van der Waals surface area contributed by atoms with Gasteiger partial charge in [-0.25, -0.2) is 0 Å². The lowest BCUT2D eigenvalue weighted by Gasteiger charge is -2.10. The van der Waals surface area contributed by atoms with Crippen molar-refractivity contribution in [2.75, 3.05) is 5.32 Å². The Bertz CT molecular complexity index is 593. The Morgan fingerprint density at radius 1 is 1.30 bits per heavy atom. The SMILES string of the molecule is NC(CC(=O)O)C(=O)Nc1ccc(-c2ccn[nH]2)cc1. The third-order valence-electron chi connectivity index (χ3n) is 2.70. The number of carboxylic acids is 1. The normalized spacial score (nSPS) is 11.8. The Morgan fingerprint density at radius 2 is 2.00 bits per heavy atom. The highest BCUT2D eigenvalue weighted by atomic mass is 16.4. The van der Waals surface area contributed by atoms with Gasteiger partial charge in [0.1, 0.15) is 0 Å². The highest BCUT2D eigenvalue weighted by molar-refractivity contribution is 5.96. The number of aromatic nitrogens is 2. The highest BCUT2D eigenvalue weighted by Gasteiger charge is 2.16. The molecule has 2 rings (SSSR count). The van der Waals surface area contributed by atoms with E-state index in [1.807, 2.05) is 18.2 Å². The van der Waals surface area contributed by atoms with E-state index in [4.69, 9.17) is 10.8 Å². The maximum Gasteiger partial charge on any atom is 0.305 e. The molecule has 104 valence electrons. The average molecular weight is 274 g/mol.